The molecule has 2 aromatic carbocycles. The standard InChI is InChI=1S/C26H33NO3S/c1-20(2)26-19-27(31(29,30)25-16-12-21(3)13-17-25)18-23(26)10-7-11-24(28)15-14-22-8-5-4-6-9-22/h4-10,12-13,16-17,23-24,28H,11,14-15,18-19H2,1-3H3/b10-7+/t23-,24+/m0/s1. The Labute approximate surface area is 187 Å². The van der Waals surface area contributed by atoms with E-state index in [1.54, 1.807) is 16.4 Å². The SMILES string of the molecule is CC(C)=C1CN(S(=O)(=O)c2ccc(C)cc2)C[C@@H]1/C=C/C[C@@H](O)CCc1ccccc1. The zero-order valence-corrected chi connectivity index (χ0v) is 19.5. The van der Waals surface area contributed by atoms with Crippen molar-refractivity contribution in [1.82, 2.24) is 4.31 Å². The zero-order valence-electron chi connectivity index (χ0n) is 18.7. The molecule has 0 saturated carbocycles. The summed E-state index contributed by atoms with van der Waals surface area (Å²) in [5, 5.41) is 10.3. The third-order valence-corrected chi connectivity index (χ3v) is 7.71. The van der Waals surface area contributed by atoms with Crippen LogP contribution in [-0.2, 0) is 16.4 Å². The molecular formula is C26H33NO3S. The highest BCUT2D eigenvalue weighted by molar-refractivity contribution is 7.89. The van der Waals surface area contributed by atoms with Crippen LogP contribution in [0.4, 0.5) is 0 Å². The molecule has 2 atom stereocenters. The van der Waals surface area contributed by atoms with E-state index in [0.717, 1.165) is 23.1 Å². The Bertz CT molecular complexity index is 1020. The summed E-state index contributed by atoms with van der Waals surface area (Å²) in [7, 11) is -3.52. The van der Waals surface area contributed by atoms with Gasteiger partial charge in [0.25, 0.3) is 0 Å². The van der Waals surface area contributed by atoms with Crippen molar-refractivity contribution in [3.63, 3.8) is 0 Å². The molecule has 0 amide bonds. The minimum Gasteiger partial charge on any atom is -0.393 e. The average Bonchev–Trinajstić information content (AvgIpc) is 3.19. The lowest BCUT2D eigenvalue weighted by Gasteiger charge is -2.16. The molecule has 0 aliphatic carbocycles. The molecule has 1 saturated heterocycles. The van der Waals surface area contributed by atoms with E-state index < -0.39 is 16.1 Å². The summed E-state index contributed by atoms with van der Waals surface area (Å²) in [4.78, 5) is 0.340. The molecule has 1 N–H and O–H groups in total. The molecule has 1 heterocycles. The fraction of sp³-hybridized carbons (Fsp3) is 0.385. The van der Waals surface area contributed by atoms with Gasteiger partial charge in [0.2, 0.25) is 10.0 Å². The molecule has 166 valence electrons. The number of allylic oxidation sites excluding steroid dienone is 1. The molecule has 0 aromatic heterocycles. The van der Waals surface area contributed by atoms with E-state index in [-0.39, 0.29) is 5.92 Å². The van der Waals surface area contributed by atoms with Gasteiger partial charge in [0, 0.05) is 19.0 Å². The fourth-order valence-electron chi connectivity index (χ4n) is 3.95. The highest BCUT2D eigenvalue weighted by atomic mass is 32.2. The molecule has 0 radical (unpaired) electrons. The molecule has 0 spiro atoms. The van der Waals surface area contributed by atoms with Crippen molar-refractivity contribution in [2.45, 2.75) is 51.0 Å². The van der Waals surface area contributed by atoms with Crippen LogP contribution in [0.2, 0.25) is 0 Å². The lowest BCUT2D eigenvalue weighted by Crippen LogP contribution is -2.28. The van der Waals surface area contributed by atoms with Crippen molar-refractivity contribution in [1.29, 1.82) is 0 Å². The number of rotatable bonds is 8. The number of nitrogens with zero attached hydrogens (tertiary/aromatic N) is 1. The van der Waals surface area contributed by atoms with Crippen LogP contribution in [0.3, 0.4) is 0 Å². The Morgan fingerprint density at radius 3 is 2.45 bits per heavy atom. The first-order chi connectivity index (χ1) is 14.8. The van der Waals surface area contributed by atoms with Gasteiger partial charge in [-0.3, -0.25) is 0 Å². The van der Waals surface area contributed by atoms with Gasteiger partial charge in [-0.15, -0.1) is 0 Å². The minimum atomic E-state index is -3.52. The Kier molecular flexibility index (Phi) is 7.87. The van der Waals surface area contributed by atoms with E-state index in [0.29, 0.717) is 30.8 Å². The van der Waals surface area contributed by atoms with Gasteiger partial charge in [-0.05, 0) is 63.3 Å². The Morgan fingerprint density at radius 2 is 1.81 bits per heavy atom. The molecule has 3 rings (SSSR count). The second-order valence-corrected chi connectivity index (χ2v) is 10.5. The highest BCUT2D eigenvalue weighted by Gasteiger charge is 2.35. The van der Waals surface area contributed by atoms with E-state index in [9.17, 15) is 13.5 Å². The minimum absolute atomic E-state index is 0.0477. The molecule has 1 aliphatic rings. The molecule has 1 fully saturated rings. The number of aliphatic hydroxyl groups is 1. The van der Waals surface area contributed by atoms with Crippen molar-refractivity contribution in [2.24, 2.45) is 5.92 Å². The number of hydrogen-bond acceptors (Lipinski definition) is 3. The van der Waals surface area contributed by atoms with Crippen LogP contribution in [0, 0.1) is 12.8 Å². The van der Waals surface area contributed by atoms with E-state index in [2.05, 4.69) is 18.2 Å². The van der Waals surface area contributed by atoms with Gasteiger partial charge in [-0.1, -0.05) is 65.8 Å². The number of aliphatic hydroxyl groups excluding tert-OH is 1. The van der Waals surface area contributed by atoms with Crippen molar-refractivity contribution >= 4 is 10.0 Å². The van der Waals surface area contributed by atoms with Crippen LogP contribution in [0.25, 0.3) is 0 Å². The van der Waals surface area contributed by atoms with Gasteiger partial charge < -0.3 is 5.11 Å². The maximum atomic E-state index is 13.1. The molecular weight excluding hydrogens is 406 g/mol. The van der Waals surface area contributed by atoms with Gasteiger partial charge in [0.15, 0.2) is 0 Å². The summed E-state index contributed by atoms with van der Waals surface area (Å²) in [6.45, 7) is 6.87. The summed E-state index contributed by atoms with van der Waals surface area (Å²) in [5.41, 5.74) is 4.56. The number of aryl methyl sites for hydroxylation is 2. The van der Waals surface area contributed by atoms with Crippen molar-refractivity contribution in [3.05, 3.63) is 89.0 Å². The quantitative estimate of drug-likeness (QED) is 0.596. The second-order valence-electron chi connectivity index (χ2n) is 8.58. The third-order valence-electron chi connectivity index (χ3n) is 5.88. The van der Waals surface area contributed by atoms with Crippen LogP contribution < -0.4 is 0 Å². The Morgan fingerprint density at radius 1 is 1.13 bits per heavy atom. The molecule has 0 bridgehead atoms. The molecule has 1 aliphatic heterocycles. The molecule has 4 nitrogen and oxygen atoms in total. The average molecular weight is 440 g/mol. The predicted molar refractivity (Wildman–Crippen MR) is 126 cm³/mol. The lowest BCUT2D eigenvalue weighted by atomic mass is 9.97. The Balaban J connectivity index is 1.62. The zero-order chi connectivity index (χ0) is 22.4. The topological polar surface area (TPSA) is 57.6 Å². The second kappa shape index (κ2) is 10.4. The van der Waals surface area contributed by atoms with E-state index >= 15 is 0 Å². The van der Waals surface area contributed by atoms with Crippen LogP contribution in [0.1, 0.15) is 37.8 Å². The van der Waals surface area contributed by atoms with Gasteiger partial charge in [0.05, 0.1) is 11.0 Å². The maximum Gasteiger partial charge on any atom is 0.243 e. The monoisotopic (exact) mass is 439 g/mol. The summed E-state index contributed by atoms with van der Waals surface area (Å²) in [6.07, 6.45) is 5.80. The largest absolute Gasteiger partial charge is 0.393 e. The smallest absolute Gasteiger partial charge is 0.243 e. The first kappa shape index (κ1) is 23.5. The number of benzene rings is 2. The first-order valence-electron chi connectivity index (χ1n) is 10.9. The van der Waals surface area contributed by atoms with E-state index in [1.165, 1.54) is 5.56 Å². The summed E-state index contributed by atoms with van der Waals surface area (Å²) >= 11 is 0. The molecule has 2 aromatic rings. The molecule has 0 unspecified atom stereocenters. The van der Waals surface area contributed by atoms with Crippen molar-refractivity contribution in [3.8, 4) is 0 Å². The van der Waals surface area contributed by atoms with E-state index in [4.69, 9.17) is 0 Å². The van der Waals surface area contributed by atoms with Gasteiger partial charge in [-0.2, -0.15) is 4.31 Å². The van der Waals surface area contributed by atoms with Crippen LogP contribution in [0.5, 0.6) is 0 Å². The van der Waals surface area contributed by atoms with Gasteiger partial charge >= 0.3 is 0 Å². The normalized spacial score (nSPS) is 18.6. The lowest BCUT2D eigenvalue weighted by molar-refractivity contribution is 0.168. The van der Waals surface area contributed by atoms with Crippen LogP contribution in [-0.4, -0.2) is 37.0 Å². The fourth-order valence-corrected chi connectivity index (χ4v) is 5.39. The molecule has 5 heteroatoms. The van der Waals surface area contributed by atoms with Gasteiger partial charge in [0.1, 0.15) is 0 Å². The summed E-state index contributed by atoms with van der Waals surface area (Å²) in [5.74, 6) is 0.0477. The van der Waals surface area contributed by atoms with Crippen LogP contribution >= 0.6 is 0 Å². The predicted octanol–water partition coefficient (Wildman–Crippen LogP) is 4.89. The Hall–Kier alpha value is -2.21. The summed E-state index contributed by atoms with van der Waals surface area (Å²) < 4.78 is 27.8. The maximum absolute atomic E-state index is 13.1. The number of sulfonamides is 1. The summed E-state index contributed by atoms with van der Waals surface area (Å²) in [6, 6.07) is 17.2. The van der Waals surface area contributed by atoms with E-state index in [1.807, 2.05) is 57.2 Å². The first-order valence-corrected chi connectivity index (χ1v) is 12.3. The third kappa shape index (κ3) is 6.16. The van der Waals surface area contributed by atoms with Crippen molar-refractivity contribution < 1.29 is 13.5 Å². The molecule has 31 heavy (non-hydrogen) atoms. The van der Waals surface area contributed by atoms with Gasteiger partial charge in [-0.25, -0.2) is 8.42 Å². The van der Waals surface area contributed by atoms with Crippen molar-refractivity contribution in [2.75, 3.05) is 13.1 Å². The number of hydrogen-bond donors (Lipinski definition) is 1. The highest BCUT2D eigenvalue weighted by Crippen LogP contribution is 2.31. The van der Waals surface area contributed by atoms with Crippen LogP contribution in [0.15, 0.2) is 82.8 Å².